The van der Waals surface area contributed by atoms with Crippen LogP contribution < -0.4 is 10.5 Å². The van der Waals surface area contributed by atoms with Crippen molar-refractivity contribution in [3.63, 3.8) is 0 Å². The first-order chi connectivity index (χ1) is 8.36. The number of ether oxygens (including phenoxy) is 1. The number of hydrogen-bond donors (Lipinski definition) is 1. The molecule has 0 aliphatic heterocycles. The molecular weight excluding hydrogens is 246 g/mol. The van der Waals surface area contributed by atoms with Crippen molar-refractivity contribution in [2.45, 2.75) is 33.1 Å². The van der Waals surface area contributed by atoms with Crippen LogP contribution in [-0.2, 0) is 5.41 Å². The Morgan fingerprint density at radius 3 is 2.56 bits per heavy atom. The Kier molecular flexibility index (Phi) is 3.26. The molecule has 0 atom stereocenters. The molecule has 18 heavy (non-hydrogen) atoms. The molecule has 0 bridgehead atoms. The van der Waals surface area contributed by atoms with E-state index in [1.165, 1.54) is 11.5 Å². The average molecular weight is 263 g/mol. The summed E-state index contributed by atoms with van der Waals surface area (Å²) in [5, 5.41) is 0.524. The van der Waals surface area contributed by atoms with E-state index in [1.54, 1.807) is 0 Å². The minimum absolute atomic E-state index is 0.0725. The second kappa shape index (κ2) is 4.57. The number of nitrogens with zero attached hydrogens (tertiary/aromatic N) is 2. The summed E-state index contributed by atoms with van der Waals surface area (Å²) in [5.41, 5.74) is 7.54. The normalized spacial score (nSPS) is 11.6. The SMILES string of the molecule is Cc1ccc(Oc2nc(C(C)(C)C)ns2)c(N)c1. The van der Waals surface area contributed by atoms with Crippen LogP contribution in [0.1, 0.15) is 32.2 Å². The smallest absolute Gasteiger partial charge is 0.298 e. The number of aryl methyl sites for hydroxylation is 1. The molecule has 0 aliphatic carbocycles. The molecule has 1 heterocycles. The van der Waals surface area contributed by atoms with Crippen molar-refractivity contribution < 1.29 is 4.74 Å². The largest absolute Gasteiger partial charge is 0.428 e. The fraction of sp³-hybridized carbons (Fsp3) is 0.385. The van der Waals surface area contributed by atoms with Crippen molar-refractivity contribution in [2.75, 3.05) is 5.73 Å². The molecule has 1 aromatic carbocycles. The maximum atomic E-state index is 5.89. The van der Waals surface area contributed by atoms with E-state index in [9.17, 15) is 0 Å². The average Bonchev–Trinajstić information content (AvgIpc) is 2.70. The molecule has 0 radical (unpaired) electrons. The lowest BCUT2D eigenvalue weighted by Crippen LogP contribution is -2.12. The number of aromatic nitrogens is 2. The van der Waals surface area contributed by atoms with Crippen LogP contribution in [0.3, 0.4) is 0 Å². The Hall–Kier alpha value is -1.62. The summed E-state index contributed by atoms with van der Waals surface area (Å²) in [7, 11) is 0. The van der Waals surface area contributed by atoms with Gasteiger partial charge in [0.25, 0.3) is 5.19 Å². The van der Waals surface area contributed by atoms with Crippen molar-refractivity contribution in [3.8, 4) is 10.9 Å². The maximum absolute atomic E-state index is 5.89. The molecule has 2 aromatic rings. The van der Waals surface area contributed by atoms with Gasteiger partial charge in [0, 0.05) is 16.9 Å². The summed E-state index contributed by atoms with van der Waals surface area (Å²) in [6.07, 6.45) is 0. The standard InChI is InChI=1S/C13H17N3OS/c1-8-5-6-10(9(14)7-8)17-12-15-11(16-18-12)13(2,3)4/h5-7H,14H2,1-4H3. The molecule has 4 nitrogen and oxygen atoms in total. The van der Waals surface area contributed by atoms with Crippen LogP contribution in [-0.4, -0.2) is 9.36 Å². The topological polar surface area (TPSA) is 61.0 Å². The van der Waals surface area contributed by atoms with Gasteiger partial charge in [-0.2, -0.15) is 9.36 Å². The Morgan fingerprint density at radius 1 is 1.28 bits per heavy atom. The summed E-state index contributed by atoms with van der Waals surface area (Å²) in [4.78, 5) is 4.37. The molecule has 0 aliphatic rings. The highest BCUT2D eigenvalue weighted by Gasteiger charge is 2.20. The van der Waals surface area contributed by atoms with Gasteiger partial charge in [-0.3, -0.25) is 0 Å². The van der Waals surface area contributed by atoms with Crippen LogP contribution in [0.5, 0.6) is 10.9 Å². The van der Waals surface area contributed by atoms with Crippen LogP contribution >= 0.6 is 11.5 Å². The molecule has 0 saturated carbocycles. The van der Waals surface area contributed by atoms with Gasteiger partial charge in [-0.15, -0.1) is 0 Å². The Bertz CT molecular complexity index is 558. The summed E-state index contributed by atoms with van der Waals surface area (Å²) in [6, 6.07) is 5.68. The second-order valence-corrected chi connectivity index (χ2v) is 5.99. The van der Waals surface area contributed by atoms with Crippen LogP contribution in [0.15, 0.2) is 18.2 Å². The summed E-state index contributed by atoms with van der Waals surface area (Å²) < 4.78 is 9.96. The highest BCUT2D eigenvalue weighted by molar-refractivity contribution is 7.07. The van der Waals surface area contributed by atoms with Gasteiger partial charge < -0.3 is 10.5 Å². The number of nitrogen functional groups attached to an aromatic ring is 1. The molecule has 0 saturated heterocycles. The first kappa shape index (κ1) is 12.8. The lowest BCUT2D eigenvalue weighted by Gasteiger charge is -2.12. The van der Waals surface area contributed by atoms with Crippen molar-refractivity contribution >= 4 is 17.2 Å². The van der Waals surface area contributed by atoms with Gasteiger partial charge in [0.2, 0.25) is 0 Å². The summed E-state index contributed by atoms with van der Waals surface area (Å²) >= 11 is 1.25. The molecule has 2 N–H and O–H groups in total. The van der Waals surface area contributed by atoms with Crippen molar-refractivity contribution in [2.24, 2.45) is 0 Å². The van der Waals surface area contributed by atoms with E-state index < -0.39 is 0 Å². The van der Waals surface area contributed by atoms with E-state index in [4.69, 9.17) is 10.5 Å². The fourth-order valence-electron chi connectivity index (χ4n) is 1.41. The second-order valence-electron chi connectivity index (χ2n) is 5.28. The predicted octanol–water partition coefficient (Wildman–Crippen LogP) is 3.52. The molecule has 2 rings (SSSR count). The summed E-state index contributed by atoms with van der Waals surface area (Å²) in [5.74, 6) is 1.41. The molecule has 0 fully saturated rings. The highest BCUT2D eigenvalue weighted by Crippen LogP contribution is 2.31. The van der Waals surface area contributed by atoms with Gasteiger partial charge in [0.15, 0.2) is 11.6 Å². The number of benzene rings is 1. The van der Waals surface area contributed by atoms with Gasteiger partial charge >= 0.3 is 0 Å². The van der Waals surface area contributed by atoms with Crippen molar-refractivity contribution in [3.05, 3.63) is 29.6 Å². The monoisotopic (exact) mass is 263 g/mol. The van der Waals surface area contributed by atoms with E-state index in [1.807, 2.05) is 25.1 Å². The Balaban J connectivity index is 2.21. The summed E-state index contributed by atoms with van der Waals surface area (Å²) in [6.45, 7) is 8.19. The number of nitrogens with two attached hydrogens (primary N) is 1. The molecule has 0 unspecified atom stereocenters. The number of rotatable bonds is 2. The molecule has 96 valence electrons. The molecule has 0 spiro atoms. The molecule has 5 heteroatoms. The first-order valence-corrected chi connectivity index (χ1v) is 6.52. The van der Waals surface area contributed by atoms with Gasteiger partial charge in [-0.1, -0.05) is 26.8 Å². The zero-order valence-electron chi connectivity index (χ0n) is 11.0. The third-order valence-electron chi connectivity index (χ3n) is 2.44. The molecular formula is C13H17N3OS. The molecule has 1 aromatic heterocycles. The lowest BCUT2D eigenvalue weighted by atomic mass is 9.96. The third-order valence-corrected chi connectivity index (χ3v) is 3.04. The Labute approximate surface area is 111 Å². The van der Waals surface area contributed by atoms with Gasteiger partial charge in [0.1, 0.15) is 0 Å². The minimum Gasteiger partial charge on any atom is -0.428 e. The third kappa shape index (κ3) is 2.79. The van der Waals surface area contributed by atoms with Crippen LogP contribution in [0, 0.1) is 6.92 Å². The zero-order chi connectivity index (χ0) is 13.3. The van der Waals surface area contributed by atoms with E-state index in [0.717, 1.165) is 11.4 Å². The number of hydrogen-bond acceptors (Lipinski definition) is 5. The van der Waals surface area contributed by atoms with Crippen LogP contribution in [0.25, 0.3) is 0 Å². The number of anilines is 1. The highest BCUT2D eigenvalue weighted by atomic mass is 32.1. The van der Waals surface area contributed by atoms with Crippen LogP contribution in [0.4, 0.5) is 5.69 Å². The van der Waals surface area contributed by atoms with Gasteiger partial charge in [-0.05, 0) is 24.6 Å². The quantitative estimate of drug-likeness (QED) is 0.842. The lowest BCUT2D eigenvalue weighted by molar-refractivity contribution is 0.470. The molecule has 0 amide bonds. The minimum atomic E-state index is -0.0725. The van der Waals surface area contributed by atoms with Crippen molar-refractivity contribution in [1.82, 2.24) is 9.36 Å². The fourth-order valence-corrected chi connectivity index (χ4v) is 2.14. The van der Waals surface area contributed by atoms with E-state index in [2.05, 4.69) is 30.1 Å². The maximum Gasteiger partial charge on any atom is 0.298 e. The van der Waals surface area contributed by atoms with E-state index in [0.29, 0.717) is 16.6 Å². The Morgan fingerprint density at radius 2 is 2.00 bits per heavy atom. The van der Waals surface area contributed by atoms with E-state index >= 15 is 0 Å². The van der Waals surface area contributed by atoms with Crippen molar-refractivity contribution in [1.29, 1.82) is 0 Å². The van der Waals surface area contributed by atoms with Gasteiger partial charge in [-0.25, -0.2) is 0 Å². The van der Waals surface area contributed by atoms with Gasteiger partial charge in [0.05, 0.1) is 5.69 Å². The predicted molar refractivity (Wildman–Crippen MR) is 74.3 cm³/mol. The first-order valence-electron chi connectivity index (χ1n) is 5.74. The zero-order valence-corrected chi connectivity index (χ0v) is 11.8. The van der Waals surface area contributed by atoms with Crippen LogP contribution in [0.2, 0.25) is 0 Å². The van der Waals surface area contributed by atoms with E-state index in [-0.39, 0.29) is 5.41 Å².